The Morgan fingerprint density at radius 2 is 1.58 bits per heavy atom. The minimum absolute atomic E-state index is 0.321. The van der Waals surface area contributed by atoms with E-state index in [1.165, 1.54) is 6.07 Å². The summed E-state index contributed by atoms with van der Waals surface area (Å²) in [5.41, 5.74) is 1.29. The van der Waals surface area contributed by atoms with Gasteiger partial charge in [0.15, 0.2) is 23.2 Å². The van der Waals surface area contributed by atoms with E-state index in [9.17, 15) is 17.6 Å². The van der Waals surface area contributed by atoms with Gasteiger partial charge in [-0.15, -0.1) is 0 Å². The van der Waals surface area contributed by atoms with Gasteiger partial charge in [0.05, 0.1) is 0 Å². The van der Waals surface area contributed by atoms with E-state index < -0.39 is 34.7 Å². The monoisotopic (exact) mass is 272 g/mol. The van der Waals surface area contributed by atoms with Crippen LogP contribution in [0.5, 0.6) is 11.5 Å². The number of nitrogens with two attached hydrogens (primary N) is 1. The molecular weight excluding hydrogens is 264 g/mol. The van der Waals surface area contributed by atoms with E-state index in [1.54, 1.807) is 0 Å². The molecule has 0 unspecified atom stereocenters. The zero-order chi connectivity index (χ0) is 14.0. The van der Waals surface area contributed by atoms with Crippen LogP contribution >= 0.6 is 0 Å². The van der Waals surface area contributed by atoms with Gasteiger partial charge in [-0.2, -0.15) is 4.39 Å². The first-order valence-electron chi connectivity index (χ1n) is 5.10. The molecule has 3 N–H and O–H groups in total. The molecule has 0 aliphatic carbocycles. The molecule has 0 radical (unpaired) electrons. The van der Waals surface area contributed by atoms with Crippen molar-refractivity contribution in [3.05, 3.63) is 53.6 Å². The maximum Gasteiger partial charge on any atom is 0.201 e. The van der Waals surface area contributed by atoms with E-state index in [0.717, 1.165) is 24.3 Å². The molecular formula is C12H8F4N2O. The van der Waals surface area contributed by atoms with Crippen LogP contribution < -0.4 is 16.0 Å². The minimum Gasteiger partial charge on any atom is -0.454 e. The number of nitrogens with one attached hydrogen (secondary N) is 1. The molecule has 19 heavy (non-hydrogen) atoms. The van der Waals surface area contributed by atoms with Crippen LogP contribution in [0, 0.1) is 23.3 Å². The van der Waals surface area contributed by atoms with E-state index in [4.69, 9.17) is 10.6 Å². The van der Waals surface area contributed by atoms with Crippen LogP contribution in [0.25, 0.3) is 0 Å². The van der Waals surface area contributed by atoms with Crippen molar-refractivity contribution in [2.75, 3.05) is 5.43 Å². The molecule has 0 bridgehead atoms. The van der Waals surface area contributed by atoms with E-state index in [0.29, 0.717) is 0 Å². The summed E-state index contributed by atoms with van der Waals surface area (Å²) >= 11 is 0. The summed E-state index contributed by atoms with van der Waals surface area (Å²) in [5.74, 6) is -0.293. The molecule has 0 saturated carbocycles. The first-order chi connectivity index (χ1) is 9.02. The van der Waals surface area contributed by atoms with Crippen LogP contribution in [0.3, 0.4) is 0 Å². The number of hydrazine groups is 1. The molecule has 3 nitrogen and oxygen atoms in total. The molecule has 0 saturated heterocycles. The first kappa shape index (κ1) is 13.2. The molecule has 0 heterocycles. The Morgan fingerprint density at radius 1 is 0.947 bits per heavy atom. The van der Waals surface area contributed by atoms with Gasteiger partial charge in [-0.3, -0.25) is 5.84 Å². The lowest BCUT2D eigenvalue weighted by Crippen LogP contribution is -2.10. The molecule has 2 aromatic carbocycles. The summed E-state index contributed by atoms with van der Waals surface area (Å²) in [6, 6.07) is 4.82. The third kappa shape index (κ3) is 2.60. The van der Waals surface area contributed by atoms with Crippen LogP contribution in [-0.4, -0.2) is 0 Å². The number of nitrogen functional groups attached to an aromatic ring is 1. The Bertz CT molecular complexity index is 596. The maximum absolute atomic E-state index is 13.4. The average molecular weight is 272 g/mol. The predicted octanol–water partition coefficient (Wildman–Crippen LogP) is 3.32. The number of hydrogen-bond acceptors (Lipinski definition) is 3. The van der Waals surface area contributed by atoms with E-state index in [2.05, 4.69) is 0 Å². The third-order valence-corrected chi connectivity index (χ3v) is 2.30. The zero-order valence-electron chi connectivity index (χ0n) is 9.38. The molecule has 0 aliphatic rings. The lowest BCUT2D eigenvalue weighted by Gasteiger charge is -2.09. The van der Waals surface area contributed by atoms with Gasteiger partial charge in [-0.25, -0.2) is 13.2 Å². The first-order valence-corrected chi connectivity index (χ1v) is 5.10. The van der Waals surface area contributed by atoms with Crippen molar-refractivity contribution in [2.24, 2.45) is 5.84 Å². The number of rotatable bonds is 3. The number of anilines is 1. The summed E-state index contributed by atoms with van der Waals surface area (Å²) in [6.07, 6.45) is 0. The van der Waals surface area contributed by atoms with Gasteiger partial charge in [0.25, 0.3) is 0 Å². The number of ether oxygens (including phenoxy) is 1. The summed E-state index contributed by atoms with van der Waals surface area (Å²) in [5, 5.41) is 0. The highest BCUT2D eigenvalue weighted by Crippen LogP contribution is 2.29. The molecule has 7 heteroatoms. The molecule has 0 spiro atoms. The molecule has 2 aromatic rings. The topological polar surface area (TPSA) is 47.3 Å². The van der Waals surface area contributed by atoms with Crippen LogP contribution in [0.2, 0.25) is 0 Å². The highest BCUT2D eigenvalue weighted by Gasteiger charge is 2.14. The molecule has 2 rings (SSSR count). The van der Waals surface area contributed by atoms with Crippen LogP contribution in [0.15, 0.2) is 30.3 Å². The fourth-order valence-electron chi connectivity index (χ4n) is 1.44. The maximum atomic E-state index is 13.4. The fraction of sp³-hybridized carbons (Fsp3) is 0. The van der Waals surface area contributed by atoms with Crippen molar-refractivity contribution in [1.82, 2.24) is 0 Å². The van der Waals surface area contributed by atoms with Crippen molar-refractivity contribution >= 4 is 5.69 Å². The van der Waals surface area contributed by atoms with Gasteiger partial charge >= 0.3 is 0 Å². The lowest BCUT2D eigenvalue weighted by atomic mass is 10.2. The quantitative estimate of drug-likeness (QED) is 0.512. The second kappa shape index (κ2) is 5.15. The van der Waals surface area contributed by atoms with Crippen molar-refractivity contribution < 1.29 is 22.3 Å². The van der Waals surface area contributed by atoms with Crippen LogP contribution in [-0.2, 0) is 0 Å². The summed E-state index contributed by atoms with van der Waals surface area (Å²) in [4.78, 5) is 0. The van der Waals surface area contributed by atoms with E-state index in [-0.39, 0.29) is 5.75 Å². The zero-order valence-corrected chi connectivity index (χ0v) is 9.38. The van der Waals surface area contributed by atoms with E-state index in [1.807, 2.05) is 5.43 Å². The Labute approximate surface area is 105 Å². The standard InChI is InChI=1S/C12H8F4N2O/c13-7-2-1-3-10(11(7)16)19-6-4-8(14)12(18-17)9(15)5-6/h1-5,18H,17H2. The Hall–Kier alpha value is -2.28. The molecule has 0 aromatic heterocycles. The number of halogens is 4. The highest BCUT2D eigenvalue weighted by molar-refractivity contribution is 5.49. The molecule has 0 amide bonds. The average Bonchev–Trinajstić information content (AvgIpc) is 2.35. The lowest BCUT2D eigenvalue weighted by molar-refractivity contribution is 0.411. The van der Waals surface area contributed by atoms with Gasteiger partial charge in [0.2, 0.25) is 5.82 Å². The van der Waals surface area contributed by atoms with Gasteiger partial charge in [0, 0.05) is 12.1 Å². The second-order valence-electron chi connectivity index (χ2n) is 3.56. The smallest absolute Gasteiger partial charge is 0.201 e. The van der Waals surface area contributed by atoms with Crippen LogP contribution in [0.4, 0.5) is 23.2 Å². The van der Waals surface area contributed by atoms with Crippen molar-refractivity contribution in [2.45, 2.75) is 0 Å². The third-order valence-electron chi connectivity index (χ3n) is 2.30. The Kier molecular flexibility index (Phi) is 3.57. The van der Waals surface area contributed by atoms with Crippen molar-refractivity contribution in [3.8, 4) is 11.5 Å². The Balaban J connectivity index is 2.36. The highest BCUT2D eigenvalue weighted by atomic mass is 19.2. The normalized spacial score (nSPS) is 10.4. The van der Waals surface area contributed by atoms with Crippen LogP contribution in [0.1, 0.15) is 0 Å². The predicted molar refractivity (Wildman–Crippen MR) is 60.6 cm³/mol. The summed E-state index contributed by atoms with van der Waals surface area (Å²) in [6.45, 7) is 0. The largest absolute Gasteiger partial charge is 0.454 e. The number of benzene rings is 2. The fourth-order valence-corrected chi connectivity index (χ4v) is 1.44. The van der Waals surface area contributed by atoms with Gasteiger partial charge < -0.3 is 10.2 Å². The molecule has 0 aliphatic heterocycles. The number of hydrogen-bond donors (Lipinski definition) is 2. The van der Waals surface area contributed by atoms with Gasteiger partial charge in [-0.05, 0) is 12.1 Å². The van der Waals surface area contributed by atoms with Crippen molar-refractivity contribution in [3.63, 3.8) is 0 Å². The molecule has 100 valence electrons. The summed E-state index contributed by atoms with van der Waals surface area (Å²) in [7, 11) is 0. The van der Waals surface area contributed by atoms with Gasteiger partial charge in [0.1, 0.15) is 11.4 Å². The Morgan fingerprint density at radius 3 is 2.16 bits per heavy atom. The minimum atomic E-state index is -1.25. The van der Waals surface area contributed by atoms with Gasteiger partial charge in [-0.1, -0.05) is 6.07 Å². The SMILES string of the molecule is NNc1c(F)cc(Oc2cccc(F)c2F)cc1F. The summed E-state index contributed by atoms with van der Waals surface area (Å²) < 4.78 is 57.9. The van der Waals surface area contributed by atoms with E-state index >= 15 is 0 Å². The molecule has 0 fully saturated rings. The second-order valence-corrected chi connectivity index (χ2v) is 3.56. The van der Waals surface area contributed by atoms with Crippen molar-refractivity contribution in [1.29, 1.82) is 0 Å². The molecule has 0 atom stereocenters.